The minimum absolute atomic E-state index is 0.0165. The predicted molar refractivity (Wildman–Crippen MR) is 126 cm³/mol. The molecular formula is C25H24Cl2N2O2. The Morgan fingerprint density at radius 2 is 1.74 bits per heavy atom. The molecule has 4 rings (SSSR count). The van der Waals surface area contributed by atoms with Crippen molar-refractivity contribution in [3.8, 4) is 5.75 Å². The summed E-state index contributed by atoms with van der Waals surface area (Å²) in [5.41, 5.74) is 3.17. The molecule has 0 radical (unpaired) electrons. The number of carbonyl (C=O) groups excluding carboxylic acids is 1. The van der Waals surface area contributed by atoms with Crippen LogP contribution in [0.1, 0.15) is 17.2 Å². The van der Waals surface area contributed by atoms with Crippen LogP contribution >= 0.6 is 23.2 Å². The second-order valence-corrected chi connectivity index (χ2v) is 8.50. The first kappa shape index (κ1) is 21.5. The van der Waals surface area contributed by atoms with Gasteiger partial charge in [0.25, 0.3) is 5.91 Å². The number of amides is 1. The Labute approximate surface area is 192 Å². The summed E-state index contributed by atoms with van der Waals surface area (Å²) < 4.78 is 5.68. The lowest BCUT2D eigenvalue weighted by Gasteiger charge is -2.43. The molecule has 31 heavy (non-hydrogen) atoms. The molecule has 1 unspecified atom stereocenters. The molecule has 3 aromatic carbocycles. The molecule has 0 saturated carbocycles. The third-order valence-electron chi connectivity index (χ3n) is 5.51. The topological polar surface area (TPSA) is 32.8 Å². The highest BCUT2D eigenvalue weighted by atomic mass is 35.5. The van der Waals surface area contributed by atoms with E-state index in [1.165, 1.54) is 0 Å². The van der Waals surface area contributed by atoms with Gasteiger partial charge in [0.2, 0.25) is 0 Å². The van der Waals surface area contributed by atoms with Crippen molar-refractivity contribution in [2.45, 2.75) is 13.0 Å². The molecule has 6 heteroatoms. The molecule has 1 aliphatic rings. The number of hydrogen-bond donors (Lipinski definition) is 0. The van der Waals surface area contributed by atoms with Crippen molar-refractivity contribution in [2.75, 3.05) is 31.1 Å². The Balaban J connectivity index is 1.55. The maximum Gasteiger partial charge on any atom is 0.260 e. The van der Waals surface area contributed by atoms with Crippen molar-refractivity contribution < 1.29 is 9.53 Å². The number of hydrogen-bond acceptors (Lipinski definition) is 3. The van der Waals surface area contributed by atoms with Gasteiger partial charge in [-0.15, -0.1) is 0 Å². The van der Waals surface area contributed by atoms with E-state index < -0.39 is 0 Å². The summed E-state index contributed by atoms with van der Waals surface area (Å²) in [7, 11) is 0. The van der Waals surface area contributed by atoms with Crippen molar-refractivity contribution in [1.29, 1.82) is 0 Å². The average Bonchev–Trinajstić information content (AvgIpc) is 2.78. The number of rotatable bonds is 5. The fraction of sp³-hybridized carbons (Fsp3) is 0.240. The second kappa shape index (κ2) is 9.63. The monoisotopic (exact) mass is 454 g/mol. The van der Waals surface area contributed by atoms with Crippen molar-refractivity contribution in [3.05, 3.63) is 94.0 Å². The van der Waals surface area contributed by atoms with E-state index >= 15 is 0 Å². The third-order valence-corrected chi connectivity index (χ3v) is 6.06. The lowest BCUT2D eigenvalue weighted by molar-refractivity contribution is -0.134. The average molecular weight is 455 g/mol. The van der Waals surface area contributed by atoms with Crippen LogP contribution in [0.3, 0.4) is 0 Å². The minimum Gasteiger partial charge on any atom is -0.484 e. The van der Waals surface area contributed by atoms with Crippen LogP contribution in [0.5, 0.6) is 5.75 Å². The Morgan fingerprint density at radius 3 is 2.45 bits per heavy atom. The van der Waals surface area contributed by atoms with Gasteiger partial charge in [0.05, 0.1) is 16.8 Å². The molecule has 0 spiro atoms. The molecule has 0 bridgehead atoms. The normalized spacial score (nSPS) is 16.3. The molecule has 0 aromatic heterocycles. The Bertz CT molecular complexity index is 1040. The summed E-state index contributed by atoms with van der Waals surface area (Å²) in [6, 6.07) is 23.2. The summed E-state index contributed by atoms with van der Waals surface area (Å²) in [5, 5.41) is 1.40. The lowest BCUT2D eigenvalue weighted by Crippen LogP contribution is -2.51. The maximum atomic E-state index is 12.9. The first-order valence-corrected chi connectivity index (χ1v) is 11.0. The number of para-hydroxylation sites is 1. The van der Waals surface area contributed by atoms with Gasteiger partial charge in [0.1, 0.15) is 5.75 Å². The van der Waals surface area contributed by atoms with Gasteiger partial charge in [-0.05, 0) is 54.4 Å². The van der Waals surface area contributed by atoms with Crippen molar-refractivity contribution >= 4 is 34.8 Å². The molecular weight excluding hydrogens is 431 g/mol. The zero-order valence-electron chi connectivity index (χ0n) is 17.3. The number of ether oxygens (including phenoxy) is 1. The fourth-order valence-corrected chi connectivity index (χ4v) is 4.34. The highest BCUT2D eigenvalue weighted by Gasteiger charge is 2.32. The summed E-state index contributed by atoms with van der Waals surface area (Å²) in [6.07, 6.45) is 0. The van der Waals surface area contributed by atoms with Crippen LogP contribution in [-0.4, -0.2) is 37.0 Å². The van der Waals surface area contributed by atoms with E-state index in [9.17, 15) is 4.79 Å². The van der Waals surface area contributed by atoms with E-state index in [2.05, 4.69) is 17.0 Å². The third kappa shape index (κ3) is 5.15. The van der Waals surface area contributed by atoms with Gasteiger partial charge < -0.3 is 14.5 Å². The van der Waals surface area contributed by atoms with Crippen LogP contribution < -0.4 is 9.64 Å². The molecule has 1 fully saturated rings. The number of piperazine rings is 1. The van der Waals surface area contributed by atoms with Gasteiger partial charge in [-0.25, -0.2) is 0 Å². The number of anilines is 1. The molecule has 1 amide bonds. The Morgan fingerprint density at radius 1 is 1.00 bits per heavy atom. The van der Waals surface area contributed by atoms with Crippen molar-refractivity contribution in [3.63, 3.8) is 0 Å². The van der Waals surface area contributed by atoms with Crippen LogP contribution in [0.25, 0.3) is 0 Å². The lowest BCUT2D eigenvalue weighted by atomic mass is 10.0. The van der Waals surface area contributed by atoms with E-state index in [0.29, 0.717) is 35.4 Å². The summed E-state index contributed by atoms with van der Waals surface area (Å²) in [6.45, 7) is 3.86. The van der Waals surface area contributed by atoms with E-state index in [0.717, 1.165) is 16.8 Å². The number of nitrogens with zero attached hydrogens (tertiary/aromatic N) is 2. The molecule has 1 atom stereocenters. The number of benzene rings is 3. The van der Waals surface area contributed by atoms with Crippen LogP contribution in [0.4, 0.5) is 5.69 Å². The van der Waals surface area contributed by atoms with Gasteiger partial charge in [-0.1, -0.05) is 59.6 Å². The van der Waals surface area contributed by atoms with Crippen LogP contribution in [-0.2, 0) is 4.79 Å². The van der Waals surface area contributed by atoms with Gasteiger partial charge >= 0.3 is 0 Å². The first-order chi connectivity index (χ1) is 15.0. The molecule has 160 valence electrons. The number of aryl methyl sites for hydroxylation is 1. The molecule has 1 heterocycles. The SMILES string of the molecule is Cc1ccc(N2CCN(C(=O)COc3ccccc3)CC2c2ccc(Cl)cc2)c(Cl)c1. The van der Waals surface area contributed by atoms with Crippen molar-refractivity contribution in [2.24, 2.45) is 0 Å². The standard InChI is InChI=1S/C25H24Cl2N2O2/c1-18-7-12-23(22(27)15-18)29-14-13-28(16-24(29)19-8-10-20(26)11-9-19)25(30)17-31-21-5-3-2-4-6-21/h2-12,15,24H,13-14,16-17H2,1H3. The largest absolute Gasteiger partial charge is 0.484 e. The summed E-state index contributed by atoms with van der Waals surface area (Å²) in [5.74, 6) is 0.660. The highest BCUT2D eigenvalue weighted by Crippen LogP contribution is 2.36. The quantitative estimate of drug-likeness (QED) is 0.490. The highest BCUT2D eigenvalue weighted by molar-refractivity contribution is 6.33. The maximum absolute atomic E-state index is 12.9. The molecule has 0 N–H and O–H groups in total. The second-order valence-electron chi connectivity index (χ2n) is 7.66. The first-order valence-electron chi connectivity index (χ1n) is 10.2. The molecule has 4 nitrogen and oxygen atoms in total. The molecule has 1 saturated heterocycles. The molecule has 0 aliphatic carbocycles. The van der Waals surface area contributed by atoms with E-state index in [-0.39, 0.29) is 18.6 Å². The van der Waals surface area contributed by atoms with Gasteiger partial charge in [-0.2, -0.15) is 0 Å². The van der Waals surface area contributed by atoms with Crippen LogP contribution in [0.2, 0.25) is 10.0 Å². The predicted octanol–water partition coefficient (Wildman–Crippen LogP) is 5.77. The van der Waals surface area contributed by atoms with Crippen LogP contribution in [0, 0.1) is 6.92 Å². The smallest absolute Gasteiger partial charge is 0.260 e. The summed E-state index contributed by atoms with van der Waals surface area (Å²) >= 11 is 12.7. The zero-order valence-corrected chi connectivity index (χ0v) is 18.8. The minimum atomic E-state index is -0.0353. The number of carbonyl (C=O) groups is 1. The Hall–Kier alpha value is -2.69. The summed E-state index contributed by atoms with van der Waals surface area (Å²) in [4.78, 5) is 17.0. The van der Waals surface area contributed by atoms with Gasteiger partial charge in [0, 0.05) is 24.7 Å². The van der Waals surface area contributed by atoms with Crippen molar-refractivity contribution in [1.82, 2.24) is 4.90 Å². The van der Waals surface area contributed by atoms with E-state index in [1.807, 2.05) is 72.5 Å². The zero-order chi connectivity index (χ0) is 21.8. The number of halogens is 2. The van der Waals surface area contributed by atoms with Crippen LogP contribution in [0.15, 0.2) is 72.8 Å². The van der Waals surface area contributed by atoms with E-state index in [1.54, 1.807) is 0 Å². The fourth-order valence-electron chi connectivity index (χ4n) is 3.87. The molecule has 1 aliphatic heterocycles. The van der Waals surface area contributed by atoms with Gasteiger partial charge in [0.15, 0.2) is 6.61 Å². The van der Waals surface area contributed by atoms with E-state index in [4.69, 9.17) is 27.9 Å². The Kier molecular flexibility index (Phi) is 6.69. The van der Waals surface area contributed by atoms with Gasteiger partial charge in [-0.3, -0.25) is 4.79 Å². The molecule has 3 aromatic rings.